The number of aliphatic imine (C=N–C) groups is 1. The Morgan fingerprint density at radius 3 is 2.38 bits per heavy atom. The summed E-state index contributed by atoms with van der Waals surface area (Å²) in [6, 6.07) is 11.2. The molecular formula is C36H45N9O16P2. The number of aliphatic hydroxyl groups excluding tert-OH is 6. The fraction of sp³-hybridized carbons (Fsp3) is 0.444. The first-order valence-electron chi connectivity index (χ1n) is 19.2. The van der Waals surface area contributed by atoms with Crippen LogP contribution >= 0.6 is 15.6 Å². The van der Waals surface area contributed by atoms with Crippen molar-refractivity contribution in [1.29, 1.82) is 0 Å². The molecule has 4 aromatic rings. The number of carbonyl (C=O) groups is 2. The van der Waals surface area contributed by atoms with Gasteiger partial charge in [0, 0.05) is 5.92 Å². The minimum absolute atomic E-state index is 0.0231. The van der Waals surface area contributed by atoms with E-state index >= 15 is 0 Å². The van der Waals surface area contributed by atoms with Gasteiger partial charge in [0.25, 0.3) is 5.91 Å². The van der Waals surface area contributed by atoms with Crippen molar-refractivity contribution in [3.8, 4) is 0 Å². The summed E-state index contributed by atoms with van der Waals surface area (Å²) >= 11 is 0. The average molecular weight is 922 g/mol. The van der Waals surface area contributed by atoms with Crippen molar-refractivity contribution in [2.24, 2.45) is 4.99 Å². The van der Waals surface area contributed by atoms with Gasteiger partial charge in [0.2, 0.25) is 0 Å². The van der Waals surface area contributed by atoms with Crippen LogP contribution in [0.3, 0.4) is 0 Å². The number of imidazole rings is 1. The second-order valence-corrected chi connectivity index (χ2v) is 18.2. The highest BCUT2D eigenvalue weighted by atomic mass is 31.3. The smallest absolute Gasteiger partial charge is 0.396 e. The number of hydrogen-bond acceptors (Lipinski definition) is 20. The highest BCUT2D eigenvalue weighted by molar-refractivity contribution is 7.61. The summed E-state index contributed by atoms with van der Waals surface area (Å²) < 4.78 is 46.0. The molecule has 0 radical (unpaired) electrons. The summed E-state index contributed by atoms with van der Waals surface area (Å²) in [7, 11) is -11.1. The van der Waals surface area contributed by atoms with E-state index < -0.39 is 108 Å². The molecule has 2 aromatic carbocycles. The first kappa shape index (κ1) is 46.2. The van der Waals surface area contributed by atoms with Crippen LogP contribution in [0.5, 0.6) is 0 Å². The number of imide groups is 1. The number of rotatable bonds is 17. The van der Waals surface area contributed by atoms with Gasteiger partial charge in [0.15, 0.2) is 29.1 Å². The third kappa shape index (κ3) is 9.39. The number of β-amino-alcohol motifs (C(OH)–C–C–N with tert-alkyl or cyclic N) is 1. The molecule has 0 aliphatic carbocycles. The van der Waals surface area contributed by atoms with Gasteiger partial charge in [-0.1, -0.05) is 30.3 Å². The van der Waals surface area contributed by atoms with Gasteiger partial charge in [-0.25, -0.2) is 28.9 Å². The van der Waals surface area contributed by atoms with Crippen molar-refractivity contribution < 1.29 is 77.2 Å². The number of urea groups is 1. The van der Waals surface area contributed by atoms with Crippen LogP contribution in [-0.2, 0) is 32.0 Å². The van der Waals surface area contributed by atoms with Gasteiger partial charge in [0.1, 0.15) is 48.5 Å². The molecule has 12 N–H and O–H groups in total. The van der Waals surface area contributed by atoms with Crippen LogP contribution in [0.15, 0.2) is 60.1 Å². The second kappa shape index (κ2) is 18.0. The molecule has 0 spiro atoms. The van der Waals surface area contributed by atoms with E-state index in [1.165, 1.54) is 15.8 Å². The number of ether oxygens (including phenoxy) is 1. The van der Waals surface area contributed by atoms with Crippen molar-refractivity contribution >= 4 is 61.8 Å². The molecule has 11 atom stereocenters. The number of anilines is 3. The molecule has 0 saturated carbocycles. The average Bonchev–Trinajstić information content (AvgIpc) is 3.79. The van der Waals surface area contributed by atoms with Crippen LogP contribution in [0.1, 0.15) is 35.3 Å². The van der Waals surface area contributed by atoms with E-state index in [9.17, 15) is 59.1 Å². The molecule has 3 aliphatic heterocycles. The fourth-order valence-electron chi connectivity index (χ4n) is 7.52. The summed E-state index contributed by atoms with van der Waals surface area (Å²) in [6.45, 7) is 0.314. The van der Waals surface area contributed by atoms with Crippen molar-refractivity contribution in [1.82, 2.24) is 24.8 Å². The van der Waals surface area contributed by atoms with E-state index in [0.29, 0.717) is 16.9 Å². The Hall–Kier alpha value is -4.82. The van der Waals surface area contributed by atoms with E-state index in [0.717, 1.165) is 17.5 Å². The van der Waals surface area contributed by atoms with Crippen LogP contribution in [0.2, 0.25) is 0 Å². The number of carbonyl (C=O) groups excluding carboxylic acids is 2. The maximum absolute atomic E-state index is 13.9. The molecule has 3 aliphatic rings. The Morgan fingerprint density at radius 2 is 1.67 bits per heavy atom. The van der Waals surface area contributed by atoms with Crippen molar-refractivity contribution in [3.05, 3.63) is 71.8 Å². The molecule has 1 saturated heterocycles. The zero-order valence-electron chi connectivity index (χ0n) is 33.3. The molecule has 7 rings (SSSR count). The highest BCUT2D eigenvalue weighted by Gasteiger charge is 2.55. The van der Waals surface area contributed by atoms with Crippen molar-refractivity contribution in [2.45, 2.75) is 74.6 Å². The number of aromatic nitrogens is 4. The molecule has 63 heavy (non-hydrogen) atoms. The van der Waals surface area contributed by atoms with E-state index in [4.69, 9.17) is 15.0 Å². The number of hydrogen-bond donors (Lipinski definition) is 11. The molecule has 340 valence electrons. The maximum Gasteiger partial charge on any atom is 0.481 e. The lowest BCUT2D eigenvalue weighted by atomic mass is 9.79. The number of nitrogens with two attached hydrogens (primary N) is 1. The normalized spacial score (nSPS) is 26.1. The predicted molar refractivity (Wildman–Crippen MR) is 218 cm³/mol. The Kier molecular flexibility index (Phi) is 13.2. The van der Waals surface area contributed by atoms with Crippen LogP contribution in [0.4, 0.5) is 22.0 Å². The largest absolute Gasteiger partial charge is 0.481 e. The number of phosphoric ester groups is 2. The molecule has 1 fully saturated rings. The van der Waals surface area contributed by atoms with Crippen molar-refractivity contribution in [3.63, 3.8) is 0 Å². The van der Waals surface area contributed by atoms with Gasteiger partial charge in [0.05, 0.1) is 44.1 Å². The number of benzene rings is 2. The van der Waals surface area contributed by atoms with Gasteiger partial charge >= 0.3 is 21.7 Å². The van der Waals surface area contributed by atoms with Crippen LogP contribution in [0, 0.1) is 13.8 Å². The topological polar surface area (TPSA) is 376 Å². The van der Waals surface area contributed by atoms with E-state index in [1.54, 1.807) is 49.4 Å². The van der Waals surface area contributed by atoms with E-state index in [1.807, 2.05) is 6.92 Å². The zero-order valence-corrected chi connectivity index (χ0v) is 35.1. The van der Waals surface area contributed by atoms with E-state index in [2.05, 4.69) is 39.4 Å². The van der Waals surface area contributed by atoms with Crippen LogP contribution in [0.25, 0.3) is 11.2 Å². The zero-order chi connectivity index (χ0) is 45.6. The summed E-state index contributed by atoms with van der Waals surface area (Å²) in [5.41, 5.74) is 7.17. The lowest BCUT2D eigenvalue weighted by Gasteiger charge is -2.48. The number of fused-ring (bicyclic) bond motifs is 3. The monoisotopic (exact) mass is 921 g/mol. The standard InChI is InChI=1S/C36H45N9O16P2/c1-17-8-21-22(9-18(17)2)44(33-36(43-21,34(52)42-35(53)41-33)10-20(12-46)19-6-4-3-5-7-19)11-23(47)27(49)24(48)13-58-62(54,55)61-63(56,57)59-14-25-28(50)29(51)32(60-25)45-16-40-26-30(37)38-15-39-31(26)45/h3-9,15-16,20,23-25,27-29,32,43,46-51H,10-14H2,1-2H3,(H,54,55)(H,56,57)(H2,37,38,39)(H,42,52,53)/t20-,23+,24-,25-,27+,28-,29-,32-,36+/m1/s1. The van der Waals surface area contributed by atoms with Gasteiger partial charge in [-0.05, 0) is 49.1 Å². The Bertz CT molecular complexity index is 2500. The number of nitrogens with zero attached hydrogens (tertiary/aromatic N) is 6. The molecule has 5 heterocycles. The molecule has 25 nitrogen and oxygen atoms in total. The number of phosphoric acid groups is 2. The number of aliphatic hydroxyl groups is 6. The number of nitrogen functional groups attached to an aromatic ring is 1. The molecule has 0 bridgehead atoms. The summed E-state index contributed by atoms with van der Waals surface area (Å²) in [5, 5.41) is 70.3. The summed E-state index contributed by atoms with van der Waals surface area (Å²) in [6.07, 6.45) is -10.3. The van der Waals surface area contributed by atoms with Gasteiger partial charge in [-0.3, -0.25) is 23.7 Å². The van der Waals surface area contributed by atoms with Gasteiger partial charge in [-0.15, -0.1) is 0 Å². The number of amides is 3. The minimum Gasteiger partial charge on any atom is -0.396 e. The van der Waals surface area contributed by atoms with Crippen LogP contribution < -0.4 is 21.3 Å². The second-order valence-electron chi connectivity index (χ2n) is 15.1. The Morgan fingerprint density at radius 1 is 0.968 bits per heavy atom. The molecule has 27 heteroatoms. The highest BCUT2D eigenvalue weighted by Crippen LogP contribution is 2.60. The lowest BCUT2D eigenvalue weighted by molar-refractivity contribution is -0.123. The molecule has 3 amide bonds. The number of aryl methyl sites for hydroxylation is 2. The molecule has 2 aromatic heterocycles. The first-order valence-corrected chi connectivity index (χ1v) is 22.2. The van der Waals surface area contributed by atoms with Crippen LogP contribution in [-0.4, -0.2) is 146 Å². The third-order valence-corrected chi connectivity index (χ3v) is 13.5. The summed E-state index contributed by atoms with van der Waals surface area (Å²) in [5.74, 6) is -1.65. The first-order chi connectivity index (χ1) is 29.7. The molecule has 2 unspecified atom stereocenters. The fourth-order valence-corrected chi connectivity index (χ4v) is 9.61. The van der Waals surface area contributed by atoms with Gasteiger partial charge in [-0.2, -0.15) is 9.30 Å². The van der Waals surface area contributed by atoms with Gasteiger partial charge < -0.3 is 61.1 Å². The lowest BCUT2D eigenvalue weighted by Crippen LogP contribution is -2.69. The third-order valence-electron chi connectivity index (χ3n) is 10.9. The van der Waals surface area contributed by atoms with E-state index in [-0.39, 0.29) is 29.2 Å². The summed E-state index contributed by atoms with van der Waals surface area (Å²) in [4.78, 5) is 64.5. The minimum atomic E-state index is -5.61. The maximum atomic E-state index is 13.9. The quantitative estimate of drug-likeness (QED) is 0.0593. The predicted octanol–water partition coefficient (Wildman–Crippen LogP) is -0.537. The Balaban J connectivity index is 1.01. The molecular weight excluding hydrogens is 876 g/mol. The Labute approximate surface area is 357 Å². The number of amidine groups is 1. The SMILES string of the molecule is Cc1cc2c(cc1C)N(C[C@H](O)[C@H](O)[C@H](O)COP(=O)(O)OP(=O)(O)OC[C@H]1O[C@@H](n3cnc4c(N)ncnc43)[C@H](O)[C@@H]1O)C1=NC(=O)NC(=O)[C@@]1(C[C@H](CO)c1ccccc1)N2. The number of nitrogens with one attached hydrogen (secondary N) is 2. The van der Waals surface area contributed by atoms with Crippen molar-refractivity contribution in [2.75, 3.05) is 42.3 Å².